The first-order valence-corrected chi connectivity index (χ1v) is 8.24. The van der Waals surface area contributed by atoms with Gasteiger partial charge >= 0.3 is 0 Å². The Morgan fingerprint density at radius 3 is 2.72 bits per heavy atom. The molecule has 1 aromatic heterocycles. The van der Waals surface area contributed by atoms with E-state index < -0.39 is 0 Å². The lowest BCUT2D eigenvalue weighted by atomic mass is 10.0. The molecule has 0 saturated carbocycles. The van der Waals surface area contributed by atoms with Crippen LogP contribution in [-0.4, -0.2) is 23.5 Å². The van der Waals surface area contributed by atoms with Gasteiger partial charge in [0.25, 0.3) is 0 Å². The Balaban J connectivity index is 0.00000225. The van der Waals surface area contributed by atoms with Crippen LogP contribution in [0.1, 0.15) is 18.4 Å². The van der Waals surface area contributed by atoms with Crippen molar-refractivity contribution in [2.45, 2.75) is 12.8 Å². The Kier molecular flexibility index (Phi) is 6.99. The van der Waals surface area contributed by atoms with Gasteiger partial charge in [0.2, 0.25) is 0 Å². The number of nitrogens with zero attached hydrogens (tertiary/aromatic N) is 2. The van der Waals surface area contributed by atoms with Gasteiger partial charge in [-0.05, 0) is 43.2 Å². The molecule has 1 aliphatic heterocycles. The minimum absolute atomic E-state index is 0. The third-order valence-corrected chi connectivity index (χ3v) is 4.20. The predicted octanol–water partition coefficient (Wildman–Crippen LogP) is 2.18. The smallest absolute Gasteiger partial charge is 0.191 e. The van der Waals surface area contributed by atoms with E-state index in [1.807, 2.05) is 30.3 Å². The molecule has 4 N–H and O–H groups in total. The SMILES string of the molecule is O.[O-][NH2+]c1cccnc1N1CCC(=CC#Cc2cccc(Cl)c2)CC1. The number of hydrogen-bond acceptors (Lipinski definition) is 3. The van der Waals surface area contributed by atoms with Gasteiger partial charge in [0.15, 0.2) is 11.5 Å². The van der Waals surface area contributed by atoms with Crippen LogP contribution in [0.15, 0.2) is 54.2 Å². The van der Waals surface area contributed by atoms with Gasteiger partial charge in [-0.25, -0.2) is 4.98 Å². The molecule has 5 nitrogen and oxygen atoms in total. The molecule has 1 fully saturated rings. The summed E-state index contributed by atoms with van der Waals surface area (Å²) in [6.45, 7) is 1.70. The summed E-state index contributed by atoms with van der Waals surface area (Å²) in [4.78, 5) is 6.50. The highest BCUT2D eigenvalue weighted by molar-refractivity contribution is 6.30. The fourth-order valence-corrected chi connectivity index (χ4v) is 2.89. The van der Waals surface area contributed by atoms with Crippen LogP contribution in [0.3, 0.4) is 0 Å². The van der Waals surface area contributed by atoms with Crippen LogP contribution < -0.4 is 10.4 Å². The Morgan fingerprint density at radius 1 is 1.20 bits per heavy atom. The zero-order chi connectivity index (χ0) is 16.8. The van der Waals surface area contributed by atoms with Crippen LogP contribution >= 0.6 is 11.6 Å². The van der Waals surface area contributed by atoms with Crippen LogP contribution in [-0.2, 0) is 0 Å². The number of nitrogens with two attached hydrogens (primary N) is 1. The number of benzene rings is 1. The molecule has 2 heterocycles. The fourth-order valence-electron chi connectivity index (χ4n) is 2.70. The lowest BCUT2D eigenvalue weighted by Crippen LogP contribution is -2.70. The Labute approximate surface area is 152 Å². The van der Waals surface area contributed by atoms with Crippen molar-refractivity contribution in [1.82, 2.24) is 4.98 Å². The average Bonchev–Trinajstić information content (AvgIpc) is 2.62. The zero-order valence-electron chi connectivity index (χ0n) is 13.7. The monoisotopic (exact) mass is 357 g/mol. The summed E-state index contributed by atoms with van der Waals surface area (Å²) >= 11 is 5.95. The Hall–Kier alpha value is -2.36. The standard InChI is InChI=1S/C19H18ClN3O.H2O/c20-17-7-2-6-16(14-17)5-1-4-15-9-12-23(13-10-15)19-18(22-24)8-3-11-21-19;/h2-4,6-8,11,14H,9-10,12-13,22H2;1H2. The molecule has 0 aliphatic carbocycles. The number of halogens is 1. The van der Waals surface area contributed by atoms with E-state index in [0.29, 0.717) is 10.7 Å². The number of quaternary nitrogens is 1. The molecular formula is C19H20ClN3O2. The van der Waals surface area contributed by atoms with E-state index >= 15 is 0 Å². The molecule has 25 heavy (non-hydrogen) atoms. The normalized spacial score (nSPS) is 13.5. The van der Waals surface area contributed by atoms with Gasteiger partial charge in [0.1, 0.15) is 0 Å². The minimum atomic E-state index is 0. The molecule has 0 amide bonds. The molecule has 6 heteroatoms. The lowest BCUT2D eigenvalue weighted by molar-refractivity contribution is -0.496. The van der Waals surface area contributed by atoms with Crippen molar-refractivity contribution in [1.29, 1.82) is 0 Å². The average molecular weight is 358 g/mol. The van der Waals surface area contributed by atoms with Crippen molar-refractivity contribution in [2.75, 3.05) is 18.0 Å². The largest absolute Gasteiger partial charge is 0.630 e. The van der Waals surface area contributed by atoms with Gasteiger partial charge in [0, 0.05) is 35.9 Å². The molecule has 1 aromatic carbocycles. The highest BCUT2D eigenvalue weighted by atomic mass is 35.5. The molecule has 0 unspecified atom stereocenters. The number of hydrogen-bond donors (Lipinski definition) is 1. The van der Waals surface area contributed by atoms with E-state index in [1.54, 1.807) is 18.3 Å². The third kappa shape index (κ3) is 5.05. The fraction of sp³-hybridized carbons (Fsp3) is 0.211. The lowest BCUT2D eigenvalue weighted by Gasteiger charge is -2.29. The summed E-state index contributed by atoms with van der Waals surface area (Å²) in [6, 6.07) is 11.1. The number of aromatic nitrogens is 1. The van der Waals surface area contributed by atoms with E-state index in [0.717, 1.165) is 42.8 Å². The molecule has 130 valence electrons. The number of allylic oxidation sites excluding steroid dienone is 1. The molecule has 0 atom stereocenters. The van der Waals surface area contributed by atoms with Gasteiger partial charge < -0.3 is 21.1 Å². The predicted molar refractivity (Wildman–Crippen MR) is 101 cm³/mol. The van der Waals surface area contributed by atoms with E-state index in [1.165, 1.54) is 5.57 Å². The summed E-state index contributed by atoms with van der Waals surface area (Å²) in [7, 11) is 0. The summed E-state index contributed by atoms with van der Waals surface area (Å²) in [5.41, 5.74) is 3.75. The van der Waals surface area contributed by atoms with E-state index in [2.05, 4.69) is 21.7 Å². The summed E-state index contributed by atoms with van der Waals surface area (Å²) in [5, 5.41) is 11.8. The molecular weight excluding hydrogens is 338 g/mol. The van der Waals surface area contributed by atoms with E-state index in [9.17, 15) is 5.21 Å². The minimum Gasteiger partial charge on any atom is -0.630 e. The molecule has 0 bridgehead atoms. The van der Waals surface area contributed by atoms with Gasteiger partial charge in [-0.2, -0.15) is 0 Å². The highest BCUT2D eigenvalue weighted by Gasteiger charge is 2.18. The van der Waals surface area contributed by atoms with Crippen LogP contribution in [0.5, 0.6) is 0 Å². The first kappa shape index (κ1) is 19.0. The van der Waals surface area contributed by atoms with E-state index in [4.69, 9.17) is 11.6 Å². The second-order valence-electron chi connectivity index (χ2n) is 5.60. The number of rotatable bonds is 2. The summed E-state index contributed by atoms with van der Waals surface area (Å²) < 4.78 is 0. The maximum Gasteiger partial charge on any atom is 0.191 e. The van der Waals surface area contributed by atoms with E-state index in [-0.39, 0.29) is 5.48 Å². The van der Waals surface area contributed by atoms with Crippen molar-refractivity contribution in [3.05, 3.63) is 70.0 Å². The van der Waals surface area contributed by atoms with Gasteiger partial charge in [0.05, 0.1) is 0 Å². The first-order chi connectivity index (χ1) is 11.8. The van der Waals surface area contributed by atoms with Crippen molar-refractivity contribution >= 4 is 23.1 Å². The van der Waals surface area contributed by atoms with Crippen LogP contribution in [0, 0.1) is 17.0 Å². The van der Waals surface area contributed by atoms with Crippen molar-refractivity contribution < 1.29 is 11.0 Å². The van der Waals surface area contributed by atoms with Gasteiger partial charge in [-0.1, -0.05) is 35.1 Å². The van der Waals surface area contributed by atoms with Gasteiger partial charge in [-0.3, -0.25) is 0 Å². The third-order valence-electron chi connectivity index (χ3n) is 3.97. The van der Waals surface area contributed by atoms with Crippen LogP contribution in [0.2, 0.25) is 5.02 Å². The summed E-state index contributed by atoms with van der Waals surface area (Å²) in [5.74, 6) is 7.00. The molecule has 3 rings (SSSR count). The maximum atomic E-state index is 11.1. The Morgan fingerprint density at radius 2 is 2.00 bits per heavy atom. The Bertz CT molecular complexity index is 802. The molecule has 0 radical (unpaired) electrons. The zero-order valence-corrected chi connectivity index (χ0v) is 14.5. The number of anilines is 1. The molecule has 2 aromatic rings. The van der Waals surface area contributed by atoms with Crippen LogP contribution in [0.4, 0.5) is 11.5 Å². The maximum absolute atomic E-state index is 11.1. The van der Waals surface area contributed by atoms with Crippen LogP contribution in [0.25, 0.3) is 0 Å². The molecule has 0 spiro atoms. The topological polar surface area (TPSA) is 87.3 Å². The molecule has 1 saturated heterocycles. The second kappa shape index (κ2) is 9.21. The molecule has 1 aliphatic rings. The highest BCUT2D eigenvalue weighted by Crippen LogP contribution is 2.24. The number of pyridine rings is 1. The van der Waals surface area contributed by atoms with Crippen molar-refractivity contribution in [3.8, 4) is 11.8 Å². The second-order valence-corrected chi connectivity index (χ2v) is 6.04. The number of piperidine rings is 1. The first-order valence-electron chi connectivity index (χ1n) is 7.86. The van der Waals surface area contributed by atoms with Crippen molar-refractivity contribution in [3.63, 3.8) is 0 Å². The summed E-state index contributed by atoms with van der Waals surface area (Å²) in [6.07, 6.45) is 5.58. The quantitative estimate of drug-likeness (QED) is 0.660. The van der Waals surface area contributed by atoms with Crippen molar-refractivity contribution in [2.24, 2.45) is 0 Å². The van der Waals surface area contributed by atoms with Gasteiger partial charge in [-0.15, -0.1) is 0 Å².